The van der Waals surface area contributed by atoms with Crippen molar-refractivity contribution in [1.29, 1.82) is 0 Å². The first-order chi connectivity index (χ1) is 11.2. The predicted molar refractivity (Wildman–Crippen MR) is 79.2 cm³/mol. The number of carbonyl (C=O) groups is 2. The highest BCUT2D eigenvalue weighted by molar-refractivity contribution is 7.18. The number of rotatable bonds is 2. The van der Waals surface area contributed by atoms with Crippen LogP contribution in [0.3, 0.4) is 0 Å². The Morgan fingerprint density at radius 2 is 1.87 bits per heavy atom. The number of hydrogen-bond donors (Lipinski definition) is 0. The Balaban J connectivity index is 1.42. The SMILES string of the molecule is O=C(c1ccco1)N1CCN(C(=O)c2nn3cnnc3s2)CC1. The molecule has 0 unspecified atom stereocenters. The lowest BCUT2D eigenvalue weighted by molar-refractivity contribution is 0.0517. The number of furan rings is 1. The van der Waals surface area contributed by atoms with Crippen molar-refractivity contribution in [1.82, 2.24) is 29.6 Å². The maximum Gasteiger partial charge on any atom is 0.289 e. The third-order valence-corrected chi connectivity index (χ3v) is 4.56. The summed E-state index contributed by atoms with van der Waals surface area (Å²) in [5.41, 5.74) is 0. The highest BCUT2D eigenvalue weighted by Gasteiger charge is 2.28. The van der Waals surface area contributed by atoms with E-state index in [1.54, 1.807) is 21.9 Å². The van der Waals surface area contributed by atoms with Crippen LogP contribution < -0.4 is 0 Å². The lowest BCUT2D eigenvalue weighted by atomic mass is 10.3. The van der Waals surface area contributed by atoms with E-state index in [0.717, 1.165) is 0 Å². The van der Waals surface area contributed by atoms with E-state index in [2.05, 4.69) is 15.3 Å². The minimum absolute atomic E-state index is 0.148. The molecule has 1 aliphatic heterocycles. The molecule has 4 rings (SSSR count). The Kier molecular flexibility index (Phi) is 3.30. The molecule has 0 bridgehead atoms. The maximum absolute atomic E-state index is 12.5. The summed E-state index contributed by atoms with van der Waals surface area (Å²) in [6.45, 7) is 1.86. The quantitative estimate of drug-likeness (QED) is 0.673. The summed E-state index contributed by atoms with van der Waals surface area (Å²) in [5.74, 6) is 0.0184. The summed E-state index contributed by atoms with van der Waals surface area (Å²) in [6, 6.07) is 3.32. The molecule has 3 aromatic rings. The molecule has 0 radical (unpaired) electrons. The Labute approximate surface area is 134 Å². The molecular weight excluding hydrogens is 320 g/mol. The molecule has 0 aliphatic carbocycles. The first-order valence-corrected chi connectivity index (χ1v) is 7.83. The van der Waals surface area contributed by atoms with Gasteiger partial charge in [0, 0.05) is 26.2 Å². The van der Waals surface area contributed by atoms with Gasteiger partial charge >= 0.3 is 0 Å². The van der Waals surface area contributed by atoms with Gasteiger partial charge in [0.15, 0.2) is 5.76 Å². The van der Waals surface area contributed by atoms with Gasteiger partial charge in [0.2, 0.25) is 9.97 Å². The summed E-state index contributed by atoms with van der Waals surface area (Å²) in [6.07, 6.45) is 2.93. The molecule has 0 N–H and O–H groups in total. The van der Waals surface area contributed by atoms with Crippen molar-refractivity contribution in [3.05, 3.63) is 35.5 Å². The van der Waals surface area contributed by atoms with Crippen LogP contribution in [0, 0.1) is 0 Å². The predicted octanol–water partition coefficient (Wildman–Crippen LogP) is 0.377. The minimum Gasteiger partial charge on any atom is -0.459 e. The van der Waals surface area contributed by atoms with Gasteiger partial charge in [-0.2, -0.15) is 4.52 Å². The van der Waals surface area contributed by atoms with Crippen LogP contribution in [0.15, 0.2) is 29.1 Å². The van der Waals surface area contributed by atoms with Crippen LogP contribution in [-0.2, 0) is 0 Å². The van der Waals surface area contributed by atoms with Gasteiger partial charge in [-0.25, -0.2) is 0 Å². The average molecular weight is 332 g/mol. The van der Waals surface area contributed by atoms with Crippen LogP contribution in [-0.4, -0.2) is 67.6 Å². The van der Waals surface area contributed by atoms with Gasteiger partial charge in [-0.3, -0.25) is 9.59 Å². The maximum atomic E-state index is 12.5. The summed E-state index contributed by atoms with van der Waals surface area (Å²) in [5, 5.41) is 12.1. The van der Waals surface area contributed by atoms with Gasteiger partial charge in [-0.1, -0.05) is 11.3 Å². The molecule has 3 aromatic heterocycles. The fourth-order valence-electron chi connectivity index (χ4n) is 2.45. The molecule has 2 amide bonds. The second-order valence-corrected chi connectivity index (χ2v) is 5.98. The van der Waals surface area contributed by atoms with Crippen molar-refractivity contribution in [2.75, 3.05) is 26.2 Å². The number of nitrogens with zero attached hydrogens (tertiary/aromatic N) is 6. The topological polar surface area (TPSA) is 96.8 Å². The van der Waals surface area contributed by atoms with E-state index in [9.17, 15) is 9.59 Å². The average Bonchev–Trinajstić information content (AvgIpc) is 3.29. The molecule has 1 saturated heterocycles. The van der Waals surface area contributed by atoms with Crippen LogP contribution in [0.25, 0.3) is 4.96 Å². The van der Waals surface area contributed by atoms with Gasteiger partial charge in [-0.15, -0.1) is 15.3 Å². The van der Waals surface area contributed by atoms with Crippen molar-refractivity contribution in [2.45, 2.75) is 0 Å². The smallest absolute Gasteiger partial charge is 0.289 e. The molecule has 0 atom stereocenters. The summed E-state index contributed by atoms with van der Waals surface area (Å²) < 4.78 is 6.60. The molecule has 23 heavy (non-hydrogen) atoms. The zero-order valence-corrected chi connectivity index (χ0v) is 12.8. The largest absolute Gasteiger partial charge is 0.459 e. The zero-order valence-electron chi connectivity index (χ0n) is 12.0. The second-order valence-electron chi connectivity index (χ2n) is 5.03. The van der Waals surface area contributed by atoms with Gasteiger partial charge in [-0.05, 0) is 12.1 Å². The first-order valence-electron chi connectivity index (χ1n) is 7.01. The molecule has 1 aliphatic rings. The van der Waals surface area contributed by atoms with Crippen LogP contribution in [0.4, 0.5) is 0 Å². The molecule has 4 heterocycles. The molecule has 118 valence electrons. The summed E-state index contributed by atoms with van der Waals surface area (Å²) in [7, 11) is 0. The highest BCUT2D eigenvalue weighted by atomic mass is 32.1. The molecular formula is C13H12N6O3S. The second kappa shape index (κ2) is 5.47. The van der Waals surface area contributed by atoms with Crippen molar-refractivity contribution < 1.29 is 14.0 Å². The third kappa shape index (κ3) is 2.46. The van der Waals surface area contributed by atoms with E-state index in [0.29, 0.717) is 41.9 Å². The Hall–Kier alpha value is -2.75. The normalized spacial score (nSPS) is 15.3. The van der Waals surface area contributed by atoms with Gasteiger partial charge in [0.25, 0.3) is 11.8 Å². The number of carbonyl (C=O) groups excluding carboxylic acids is 2. The molecule has 1 fully saturated rings. The van der Waals surface area contributed by atoms with Crippen LogP contribution in [0.1, 0.15) is 20.4 Å². The van der Waals surface area contributed by atoms with Crippen molar-refractivity contribution in [3.63, 3.8) is 0 Å². The fraction of sp³-hybridized carbons (Fsp3) is 0.308. The van der Waals surface area contributed by atoms with Crippen LogP contribution in [0.5, 0.6) is 0 Å². The van der Waals surface area contributed by atoms with Gasteiger partial charge < -0.3 is 14.2 Å². The van der Waals surface area contributed by atoms with E-state index >= 15 is 0 Å². The highest BCUT2D eigenvalue weighted by Crippen LogP contribution is 2.16. The monoisotopic (exact) mass is 332 g/mol. The number of hydrogen-bond acceptors (Lipinski definition) is 7. The van der Waals surface area contributed by atoms with Gasteiger partial charge in [0.1, 0.15) is 6.33 Å². The standard InChI is InChI=1S/C13H12N6O3S/c20-11(9-2-1-7-22-9)17-3-5-18(6-4-17)12(21)10-16-19-8-14-15-13(19)23-10/h1-2,7-8H,3-6H2. The Morgan fingerprint density at radius 3 is 2.52 bits per heavy atom. The lowest BCUT2D eigenvalue weighted by Gasteiger charge is -2.33. The zero-order chi connectivity index (χ0) is 15.8. The Morgan fingerprint density at radius 1 is 1.13 bits per heavy atom. The summed E-state index contributed by atoms with van der Waals surface area (Å²) in [4.78, 5) is 28.6. The van der Waals surface area contributed by atoms with E-state index in [1.807, 2.05) is 0 Å². The number of piperazine rings is 1. The van der Waals surface area contributed by atoms with Crippen molar-refractivity contribution in [2.24, 2.45) is 0 Å². The van der Waals surface area contributed by atoms with E-state index < -0.39 is 0 Å². The van der Waals surface area contributed by atoms with E-state index in [4.69, 9.17) is 4.42 Å². The number of aromatic nitrogens is 4. The van der Waals surface area contributed by atoms with Gasteiger partial charge in [0.05, 0.1) is 6.26 Å². The molecule has 9 nitrogen and oxygen atoms in total. The number of amides is 2. The van der Waals surface area contributed by atoms with E-state index in [-0.39, 0.29) is 11.8 Å². The molecule has 0 saturated carbocycles. The summed E-state index contributed by atoms with van der Waals surface area (Å²) >= 11 is 1.20. The first kappa shape index (κ1) is 13.9. The van der Waals surface area contributed by atoms with Crippen molar-refractivity contribution in [3.8, 4) is 0 Å². The molecule has 0 spiro atoms. The van der Waals surface area contributed by atoms with E-state index in [1.165, 1.54) is 28.4 Å². The Bertz CT molecular complexity index is 818. The third-order valence-electron chi connectivity index (χ3n) is 3.66. The molecule has 10 heteroatoms. The minimum atomic E-state index is -0.152. The van der Waals surface area contributed by atoms with Crippen LogP contribution >= 0.6 is 11.3 Å². The lowest BCUT2D eigenvalue weighted by Crippen LogP contribution is -2.50. The number of fused-ring (bicyclic) bond motifs is 1. The molecule has 0 aromatic carbocycles. The fourth-order valence-corrected chi connectivity index (χ4v) is 3.24. The van der Waals surface area contributed by atoms with Crippen LogP contribution in [0.2, 0.25) is 0 Å². The van der Waals surface area contributed by atoms with Crippen molar-refractivity contribution >= 4 is 28.1 Å².